The number of hydrogen-bond acceptors (Lipinski definition) is 1. The minimum atomic E-state index is 0.718. The summed E-state index contributed by atoms with van der Waals surface area (Å²) in [4.78, 5) is 0. The van der Waals surface area contributed by atoms with Crippen molar-refractivity contribution < 1.29 is 0 Å². The summed E-state index contributed by atoms with van der Waals surface area (Å²) in [5.74, 6) is 1.85. The zero-order valence-electron chi connectivity index (χ0n) is 8.06. The van der Waals surface area contributed by atoms with Crippen molar-refractivity contribution in [1.82, 2.24) is 5.32 Å². The zero-order valence-corrected chi connectivity index (χ0v) is 8.06. The van der Waals surface area contributed by atoms with Gasteiger partial charge in [-0.05, 0) is 44.6 Å². The van der Waals surface area contributed by atoms with E-state index in [2.05, 4.69) is 26.1 Å². The van der Waals surface area contributed by atoms with Crippen LogP contribution in [0.3, 0.4) is 0 Å². The lowest BCUT2D eigenvalue weighted by Gasteiger charge is -2.15. The first-order chi connectivity index (χ1) is 5.18. The zero-order chi connectivity index (χ0) is 8.27. The highest BCUT2D eigenvalue weighted by atomic mass is 14.9. The minimum Gasteiger partial charge on any atom is -0.314 e. The molecule has 0 aromatic heterocycles. The topological polar surface area (TPSA) is 12.0 Å². The van der Waals surface area contributed by atoms with Crippen molar-refractivity contribution in [2.24, 2.45) is 11.8 Å². The molecule has 0 heterocycles. The standard InChI is InChI=1S/C10H21N/c1-8(2)6-9(3)11-7-10-4-5-10/h8-11H,4-7H2,1-3H3. The van der Waals surface area contributed by atoms with Gasteiger partial charge < -0.3 is 5.32 Å². The summed E-state index contributed by atoms with van der Waals surface area (Å²) in [5.41, 5.74) is 0. The Morgan fingerprint density at radius 3 is 2.36 bits per heavy atom. The van der Waals surface area contributed by atoms with Gasteiger partial charge in [-0.1, -0.05) is 13.8 Å². The molecule has 1 N–H and O–H groups in total. The van der Waals surface area contributed by atoms with Gasteiger partial charge >= 0.3 is 0 Å². The Labute approximate surface area is 70.6 Å². The Morgan fingerprint density at radius 2 is 1.91 bits per heavy atom. The van der Waals surface area contributed by atoms with Crippen molar-refractivity contribution in [2.75, 3.05) is 6.54 Å². The largest absolute Gasteiger partial charge is 0.314 e. The molecule has 11 heavy (non-hydrogen) atoms. The molecule has 1 unspecified atom stereocenters. The van der Waals surface area contributed by atoms with Crippen molar-refractivity contribution in [3.8, 4) is 0 Å². The first-order valence-corrected chi connectivity index (χ1v) is 4.92. The third-order valence-corrected chi connectivity index (χ3v) is 2.28. The van der Waals surface area contributed by atoms with Gasteiger partial charge in [-0.25, -0.2) is 0 Å². The highest BCUT2D eigenvalue weighted by molar-refractivity contribution is 4.77. The number of rotatable bonds is 5. The maximum Gasteiger partial charge on any atom is 0.00412 e. The molecule has 1 nitrogen and oxygen atoms in total. The van der Waals surface area contributed by atoms with Crippen molar-refractivity contribution in [3.63, 3.8) is 0 Å². The van der Waals surface area contributed by atoms with Crippen LogP contribution >= 0.6 is 0 Å². The van der Waals surface area contributed by atoms with Gasteiger partial charge in [0.05, 0.1) is 0 Å². The summed E-state index contributed by atoms with van der Waals surface area (Å²) in [6.07, 6.45) is 4.23. The van der Waals surface area contributed by atoms with E-state index in [1.54, 1.807) is 0 Å². The predicted molar refractivity (Wildman–Crippen MR) is 49.6 cm³/mol. The van der Waals surface area contributed by atoms with Crippen LogP contribution in [0.25, 0.3) is 0 Å². The van der Waals surface area contributed by atoms with Crippen LogP contribution in [0.4, 0.5) is 0 Å². The minimum absolute atomic E-state index is 0.718. The fourth-order valence-corrected chi connectivity index (χ4v) is 1.48. The van der Waals surface area contributed by atoms with E-state index in [4.69, 9.17) is 0 Å². The molecule has 1 fully saturated rings. The Morgan fingerprint density at radius 1 is 1.27 bits per heavy atom. The lowest BCUT2D eigenvalue weighted by atomic mass is 10.1. The molecule has 0 radical (unpaired) electrons. The lowest BCUT2D eigenvalue weighted by Crippen LogP contribution is -2.29. The van der Waals surface area contributed by atoms with Gasteiger partial charge in [0.15, 0.2) is 0 Å². The van der Waals surface area contributed by atoms with E-state index in [1.807, 2.05) is 0 Å². The maximum absolute atomic E-state index is 3.58. The van der Waals surface area contributed by atoms with E-state index in [9.17, 15) is 0 Å². The van der Waals surface area contributed by atoms with Gasteiger partial charge in [0, 0.05) is 6.04 Å². The smallest absolute Gasteiger partial charge is 0.00412 e. The van der Waals surface area contributed by atoms with Crippen LogP contribution in [-0.2, 0) is 0 Å². The van der Waals surface area contributed by atoms with Gasteiger partial charge in [-0.15, -0.1) is 0 Å². The Balaban J connectivity index is 1.95. The fraction of sp³-hybridized carbons (Fsp3) is 1.00. The highest BCUT2D eigenvalue weighted by Crippen LogP contribution is 2.27. The van der Waals surface area contributed by atoms with Gasteiger partial charge in [0.2, 0.25) is 0 Å². The van der Waals surface area contributed by atoms with Crippen LogP contribution in [0.1, 0.15) is 40.0 Å². The van der Waals surface area contributed by atoms with Gasteiger partial charge in [0.1, 0.15) is 0 Å². The molecule has 1 aliphatic carbocycles. The van der Waals surface area contributed by atoms with E-state index < -0.39 is 0 Å². The van der Waals surface area contributed by atoms with Crippen LogP contribution in [0, 0.1) is 11.8 Å². The van der Waals surface area contributed by atoms with Crippen LogP contribution in [-0.4, -0.2) is 12.6 Å². The van der Waals surface area contributed by atoms with Crippen LogP contribution in [0.15, 0.2) is 0 Å². The van der Waals surface area contributed by atoms with Crippen LogP contribution in [0.5, 0.6) is 0 Å². The summed E-state index contributed by atoms with van der Waals surface area (Å²) < 4.78 is 0. The molecule has 1 saturated carbocycles. The normalized spacial score (nSPS) is 20.7. The van der Waals surface area contributed by atoms with E-state index in [1.165, 1.54) is 25.8 Å². The molecule has 1 atom stereocenters. The highest BCUT2D eigenvalue weighted by Gasteiger charge is 2.21. The molecule has 1 rings (SSSR count). The quantitative estimate of drug-likeness (QED) is 0.643. The molecular weight excluding hydrogens is 134 g/mol. The summed E-state index contributed by atoms with van der Waals surface area (Å²) in [7, 11) is 0. The Kier molecular flexibility index (Phi) is 3.38. The van der Waals surface area contributed by atoms with Gasteiger partial charge in [-0.3, -0.25) is 0 Å². The second-order valence-corrected chi connectivity index (χ2v) is 4.38. The Hall–Kier alpha value is -0.0400. The third-order valence-electron chi connectivity index (χ3n) is 2.28. The van der Waals surface area contributed by atoms with Crippen LogP contribution in [0.2, 0.25) is 0 Å². The first kappa shape index (κ1) is 9.05. The molecule has 0 amide bonds. The molecule has 0 aromatic rings. The van der Waals surface area contributed by atoms with E-state index in [-0.39, 0.29) is 0 Å². The lowest BCUT2D eigenvalue weighted by molar-refractivity contribution is 0.435. The van der Waals surface area contributed by atoms with E-state index in [0.29, 0.717) is 0 Å². The first-order valence-electron chi connectivity index (χ1n) is 4.92. The Bertz CT molecular complexity index is 105. The van der Waals surface area contributed by atoms with Crippen molar-refractivity contribution in [2.45, 2.75) is 46.1 Å². The van der Waals surface area contributed by atoms with Crippen molar-refractivity contribution >= 4 is 0 Å². The molecule has 1 heteroatoms. The predicted octanol–water partition coefficient (Wildman–Crippen LogP) is 2.42. The molecule has 1 aliphatic rings. The average molecular weight is 155 g/mol. The molecule has 0 bridgehead atoms. The average Bonchev–Trinajstić information content (AvgIpc) is 2.63. The number of nitrogens with one attached hydrogen (secondary N) is 1. The van der Waals surface area contributed by atoms with Gasteiger partial charge in [-0.2, -0.15) is 0 Å². The fourth-order valence-electron chi connectivity index (χ4n) is 1.48. The summed E-state index contributed by atoms with van der Waals surface area (Å²) in [5, 5.41) is 3.58. The van der Waals surface area contributed by atoms with E-state index >= 15 is 0 Å². The van der Waals surface area contributed by atoms with Gasteiger partial charge in [0.25, 0.3) is 0 Å². The molecule has 0 spiro atoms. The summed E-state index contributed by atoms with van der Waals surface area (Å²) >= 11 is 0. The molecular formula is C10H21N. The second kappa shape index (κ2) is 4.10. The third kappa shape index (κ3) is 4.41. The SMILES string of the molecule is CC(C)CC(C)NCC1CC1. The summed E-state index contributed by atoms with van der Waals surface area (Å²) in [6.45, 7) is 8.13. The van der Waals surface area contributed by atoms with Crippen molar-refractivity contribution in [1.29, 1.82) is 0 Å². The number of hydrogen-bond donors (Lipinski definition) is 1. The molecule has 0 aliphatic heterocycles. The second-order valence-electron chi connectivity index (χ2n) is 4.38. The van der Waals surface area contributed by atoms with Crippen LogP contribution < -0.4 is 5.32 Å². The summed E-state index contributed by atoms with van der Waals surface area (Å²) in [6, 6.07) is 0.718. The molecule has 0 aromatic carbocycles. The van der Waals surface area contributed by atoms with Crippen molar-refractivity contribution in [3.05, 3.63) is 0 Å². The monoisotopic (exact) mass is 155 g/mol. The maximum atomic E-state index is 3.58. The molecule has 66 valence electrons. The molecule has 0 saturated heterocycles. The van der Waals surface area contributed by atoms with E-state index in [0.717, 1.165) is 17.9 Å².